The monoisotopic (exact) mass is 687 g/mol. The molecule has 0 aliphatic heterocycles. The average molecular weight is 688 g/mol. The van der Waals surface area contributed by atoms with E-state index in [0.717, 1.165) is 6.07 Å². The Morgan fingerprint density at radius 2 is 1.67 bits per heavy atom. The van der Waals surface area contributed by atoms with Gasteiger partial charge >= 0.3 is 19.2 Å². The molecule has 43 heavy (non-hydrogen) atoms. The van der Waals surface area contributed by atoms with Gasteiger partial charge in [0.15, 0.2) is 0 Å². The smallest absolute Gasteiger partial charge is 0.399 e. The van der Waals surface area contributed by atoms with Crippen molar-refractivity contribution in [2.24, 2.45) is 4.99 Å². The summed E-state index contributed by atoms with van der Waals surface area (Å²) >= 11 is 4.31. The normalized spacial score (nSPS) is 12.3. The van der Waals surface area contributed by atoms with E-state index in [1.807, 2.05) is 36.4 Å². The number of aromatic carboxylic acids is 1. The van der Waals surface area contributed by atoms with Crippen LogP contribution in [0.3, 0.4) is 0 Å². The second kappa shape index (κ2) is 12.3. The maximum Gasteiger partial charge on any atom is 0.399 e. The first-order valence-electron chi connectivity index (χ1n) is 12.4. The van der Waals surface area contributed by atoms with Crippen molar-refractivity contribution in [1.29, 1.82) is 0 Å². The van der Waals surface area contributed by atoms with Crippen molar-refractivity contribution in [2.75, 3.05) is 0 Å². The molecule has 9 nitrogen and oxygen atoms in total. The molecule has 5 rings (SSSR count). The summed E-state index contributed by atoms with van der Waals surface area (Å²) in [4.78, 5) is 34.8. The van der Waals surface area contributed by atoms with Gasteiger partial charge in [-0.1, -0.05) is 75.8 Å². The molecular weight excluding hydrogens is 667 g/mol. The van der Waals surface area contributed by atoms with E-state index >= 15 is 0 Å². The van der Waals surface area contributed by atoms with Crippen molar-refractivity contribution in [3.8, 4) is 22.1 Å². The SMILES string of the molecule is O=C(O)c1cccc(Oc2cccc(-c3nn(Cc4ccc(C(F)(F)P(=O)(O)O)c(Br)c4)c(=Nc4ccccc4)s3)c2)c1. The molecule has 220 valence electrons. The Bertz CT molecular complexity index is 1930. The maximum absolute atomic E-state index is 14.3. The third kappa shape index (κ3) is 6.98. The summed E-state index contributed by atoms with van der Waals surface area (Å²) in [6.07, 6.45) is 0. The van der Waals surface area contributed by atoms with E-state index in [1.54, 1.807) is 35.0 Å². The summed E-state index contributed by atoms with van der Waals surface area (Å²) in [6, 6.07) is 26.0. The lowest BCUT2D eigenvalue weighted by molar-refractivity contribution is 0.0557. The number of hydrogen-bond donors (Lipinski definition) is 3. The number of nitrogens with zero attached hydrogens (tertiary/aromatic N) is 3. The van der Waals surface area contributed by atoms with Crippen LogP contribution in [-0.4, -0.2) is 30.6 Å². The molecule has 5 aromatic rings. The number of alkyl halides is 2. The van der Waals surface area contributed by atoms with Crippen molar-refractivity contribution < 1.29 is 37.8 Å². The first-order chi connectivity index (χ1) is 20.4. The van der Waals surface area contributed by atoms with Gasteiger partial charge in [-0.15, -0.1) is 0 Å². The van der Waals surface area contributed by atoms with Gasteiger partial charge in [0.1, 0.15) is 16.5 Å². The summed E-state index contributed by atoms with van der Waals surface area (Å²) in [5.74, 6) is -0.267. The first-order valence-corrected chi connectivity index (χ1v) is 15.6. The minimum absolute atomic E-state index is 0.0897. The highest BCUT2D eigenvalue weighted by molar-refractivity contribution is 9.10. The third-order valence-corrected chi connectivity index (χ3v) is 8.68. The second-order valence-corrected chi connectivity index (χ2v) is 12.6. The van der Waals surface area contributed by atoms with Crippen LogP contribution in [0.4, 0.5) is 14.5 Å². The molecule has 0 atom stereocenters. The Morgan fingerprint density at radius 1 is 0.977 bits per heavy atom. The van der Waals surface area contributed by atoms with Crippen LogP contribution < -0.4 is 9.54 Å². The second-order valence-electron chi connectivity index (χ2n) is 9.16. The number of ether oxygens (including phenoxy) is 1. The van der Waals surface area contributed by atoms with Crippen molar-refractivity contribution in [2.45, 2.75) is 12.2 Å². The fraction of sp³-hybridized carbons (Fsp3) is 0.0690. The minimum Gasteiger partial charge on any atom is -0.478 e. The van der Waals surface area contributed by atoms with Gasteiger partial charge in [-0.25, -0.2) is 14.5 Å². The molecule has 1 aromatic heterocycles. The molecular formula is C29H21BrF2N3O6PS. The zero-order valence-electron chi connectivity index (χ0n) is 21.8. The Balaban J connectivity index is 1.50. The van der Waals surface area contributed by atoms with E-state index < -0.39 is 24.8 Å². The molecule has 0 radical (unpaired) electrons. The lowest BCUT2D eigenvalue weighted by atomic mass is 10.1. The molecule has 0 saturated carbocycles. The molecule has 0 aliphatic rings. The van der Waals surface area contributed by atoms with Crippen LogP contribution in [0.2, 0.25) is 0 Å². The Hall–Kier alpha value is -4.00. The summed E-state index contributed by atoms with van der Waals surface area (Å²) in [7, 11) is -5.74. The predicted octanol–water partition coefficient (Wildman–Crippen LogP) is 7.37. The molecule has 3 N–H and O–H groups in total. The van der Waals surface area contributed by atoms with Gasteiger partial charge in [-0.2, -0.15) is 13.9 Å². The predicted molar refractivity (Wildman–Crippen MR) is 160 cm³/mol. The molecule has 1 heterocycles. The van der Waals surface area contributed by atoms with Gasteiger partial charge in [0.2, 0.25) is 4.80 Å². The lowest BCUT2D eigenvalue weighted by Crippen LogP contribution is -2.18. The van der Waals surface area contributed by atoms with Gasteiger partial charge in [0.05, 0.1) is 17.8 Å². The lowest BCUT2D eigenvalue weighted by Gasteiger charge is -2.19. The van der Waals surface area contributed by atoms with Crippen LogP contribution in [0.5, 0.6) is 11.5 Å². The van der Waals surface area contributed by atoms with Gasteiger partial charge in [0, 0.05) is 15.6 Å². The summed E-state index contributed by atoms with van der Waals surface area (Å²) in [5, 5.41) is 14.6. The summed E-state index contributed by atoms with van der Waals surface area (Å²) in [6.45, 7) is 0.112. The largest absolute Gasteiger partial charge is 0.478 e. The zero-order valence-corrected chi connectivity index (χ0v) is 25.1. The molecule has 0 spiro atoms. The minimum atomic E-state index is -5.74. The van der Waals surface area contributed by atoms with Crippen LogP contribution in [0.1, 0.15) is 21.5 Å². The van der Waals surface area contributed by atoms with Crippen molar-refractivity contribution >= 4 is 46.5 Å². The van der Waals surface area contributed by atoms with Crippen LogP contribution in [0, 0.1) is 0 Å². The van der Waals surface area contributed by atoms with E-state index in [9.17, 15) is 23.2 Å². The molecule has 0 amide bonds. The highest BCUT2D eigenvalue weighted by Gasteiger charge is 2.51. The third-order valence-electron chi connectivity index (χ3n) is 6.05. The Labute approximate surface area is 255 Å². The molecule has 0 bridgehead atoms. The number of halogens is 3. The Morgan fingerprint density at radius 3 is 2.35 bits per heavy atom. The molecule has 14 heteroatoms. The number of carboxylic acid groups (broad SMARTS) is 1. The number of rotatable bonds is 9. The number of benzene rings is 4. The van der Waals surface area contributed by atoms with Crippen LogP contribution in [0.15, 0.2) is 107 Å². The van der Waals surface area contributed by atoms with Crippen LogP contribution in [0.25, 0.3) is 10.6 Å². The first kappa shape index (κ1) is 30.5. The van der Waals surface area contributed by atoms with E-state index in [2.05, 4.69) is 15.9 Å². The maximum atomic E-state index is 14.3. The van der Waals surface area contributed by atoms with Gasteiger partial charge in [0.25, 0.3) is 0 Å². The van der Waals surface area contributed by atoms with Crippen LogP contribution >= 0.6 is 34.9 Å². The number of hydrogen-bond acceptors (Lipinski definition) is 6. The molecule has 0 fully saturated rings. The van der Waals surface area contributed by atoms with Gasteiger partial charge < -0.3 is 19.6 Å². The van der Waals surface area contributed by atoms with E-state index in [0.29, 0.717) is 38.1 Å². The fourth-order valence-electron chi connectivity index (χ4n) is 3.98. The molecule has 0 saturated heterocycles. The number of aromatic nitrogens is 2. The van der Waals surface area contributed by atoms with Gasteiger partial charge in [-0.3, -0.25) is 4.57 Å². The summed E-state index contributed by atoms with van der Waals surface area (Å²) < 4.78 is 47.4. The molecule has 0 aliphatic carbocycles. The number of carbonyl (C=O) groups is 1. The highest BCUT2D eigenvalue weighted by atomic mass is 79.9. The topological polar surface area (TPSA) is 134 Å². The average Bonchev–Trinajstić information content (AvgIpc) is 3.35. The zero-order chi connectivity index (χ0) is 30.8. The van der Waals surface area contributed by atoms with Crippen molar-refractivity contribution in [3.63, 3.8) is 0 Å². The number of carboxylic acids is 1. The van der Waals surface area contributed by atoms with Gasteiger partial charge in [-0.05, 0) is 54.1 Å². The van der Waals surface area contributed by atoms with E-state index in [4.69, 9.17) is 24.6 Å². The van der Waals surface area contributed by atoms with Crippen molar-refractivity contribution in [3.05, 3.63) is 123 Å². The number of para-hydroxylation sites is 1. The van der Waals surface area contributed by atoms with E-state index in [-0.39, 0.29) is 16.6 Å². The Kier molecular flexibility index (Phi) is 8.72. The van der Waals surface area contributed by atoms with Crippen molar-refractivity contribution in [1.82, 2.24) is 9.78 Å². The van der Waals surface area contributed by atoms with Crippen LogP contribution in [-0.2, 0) is 16.8 Å². The standard InChI is InChI=1S/C29H21BrF2N3O6PS/c30-25-14-18(12-13-24(25)29(31,32)42(38,39)40)17-35-28(33-21-8-2-1-3-9-21)43-26(34-35)19-6-4-10-22(15-19)41-23-11-5-7-20(16-23)27(36)37/h1-16H,17H2,(H,36,37)(H2,38,39,40). The quantitative estimate of drug-likeness (QED) is 0.138. The summed E-state index contributed by atoms with van der Waals surface area (Å²) in [5.41, 5.74) is -3.21. The molecule has 4 aromatic carbocycles. The van der Waals surface area contributed by atoms with E-state index in [1.165, 1.54) is 35.6 Å². The highest BCUT2D eigenvalue weighted by Crippen LogP contribution is 2.60. The molecule has 0 unspecified atom stereocenters. The fourth-order valence-corrected chi connectivity index (χ4v) is 6.23.